The Hall–Kier alpha value is -3.65. The molecule has 8 heteroatoms. The molecule has 0 aliphatic carbocycles. The molecule has 156 valence electrons. The van der Waals surface area contributed by atoms with Gasteiger partial charge in [0.15, 0.2) is 5.82 Å². The predicted molar refractivity (Wildman–Crippen MR) is 121 cm³/mol. The second-order valence-corrected chi connectivity index (χ2v) is 7.89. The predicted octanol–water partition coefficient (Wildman–Crippen LogP) is 3.31. The number of H-pyrrole nitrogens is 2. The molecule has 0 bridgehead atoms. The van der Waals surface area contributed by atoms with Gasteiger partial charge in [0.1, 0.15) is 11.7 Å². The standard InChI is InChI=1S/C23H22FN7/c24-15-2-5-19(26-13-15)23-28-17-4-1-14(11-20(17)30-23)22-27-18-6-3-16(12-21(18)29-22)31-9-7-25-8-10-31/h1-6,11-12,25-26H,7-10,13H2,(H,27,29)(H,28,30). The molecule has 2 aliphatic rings. The quantitative estimate of drug-likeness (QED) is 0.413. The van der Waals surface area contributed by atoms with Crippen LogP contribution in [0.2, 0.25) is 0 Å². The van der Waals surface area contributed by atoms with Crippen molar-refractivity contribution in [3.05, 3.63) is 60.2 Å². The van der Waals surface area contributed by atoms with Gasteiger partial charge in [-0.3, -0.25) is 0 Å². The van der Waals surface area contributed by atoms with Gasteiger partial charge < -0.3 is 25.5 Å². The molecule has 0 radical (unpaired) electrons. The van der Waals surface area contributed by atoms with Crippen molar-refractivity contribution in [2.24, 2.45) is 0 Å². The minimum Gasteiger partial charge on any atom is -0.376 e. The number of allylic oxidation sites excluding steroid dienone is 2. The van der Waals surface area contributed by atoms with Crippen molar-refractivity contribution in [1.82, 2.24) is 30.6 Å². The van der Waals surface area contributed by atoms with Gasteiger partial charge in [0, 0.05) is 37.4 Å². The summed E-state index contributed by atoms with van der Waals surface area (Å²) < 4.78 is 13.2. The van der Waals surface area contributed by atoms with Gasteiger partial charge in [-0.2, -0.15) is 0 Å². The van der Waals surface area contributed by atoms with Gasteiger partial charge in [-0.05, 0) is 48.6 Å². The lowest BCUT2D eigenvalue weighted by Gasteiger charge is -2.29. The van der Waals surface area contributed by atoms with Gasteiger partial charge in [-0.1, -0.05) is 0 Å². The summed E-state index contributed by atoms with van der Waals surface area (Å²) in [6, 6.07) is 12.4. The topological polar surface area (TPSA) is 84.7 Å². The highest BCUT2D eigenvalue weighted by molar-refractivity contribution is 5.86. The van der Waals surface area contributed by atoms with Crippen LogP contribution in [-0.2, 0) is 0 Å². The molecule has 31 heavy (non-hydrogen) atoms. The Morgan fingerprint density at radius 2 is 1.58 bits per heavy atom. The van der Waals surface area contributed by atoms with Gasteiger partial charge >= 0.3 is 0 Å². The van der Waals surface area contributed by atoms with Crippen LogP contribution in [0.1, 0.15) is 5.82 Å². The average molecular weight is 415 g/mol. The van der Waals surface area contributed by atoms with E-state index in [4.69, 9.17) is 4.98 Å². The Morgan fingerprint density at radius 3 is 2.39 bits per heavy atom. The number of nitrogens with one attached hydrogen (secondary N) is 4. The fourth-order valence-corrected chi connectivity index (χ4v) is 4.17. The Kier molecular flexibility index (Phi) is 4.24. The molecule has 0 spiro atoms. The lowest BCUT2D eigenvalue weighted by molar-refractivity contribution is 0.589. The second-order valence-electron chi connectivity index (χ2n) is 7.89. The summed E-state index contributed by atoms with van der Waals surface area (Å²) in [4.78, 5) is 18.6. The maximum atomic E-state index is 13.2. The molecule has 0 atom stereocenters. The number of halogens is 1. The largest absolute Gasteiger partial charge is 0.376 e. The normalized spacial score (nSPS) is 17.0. The van der Waals surface area contributed by atoms with Gasteiger partial charge in [0.25, 0.3) is 0 Å². The van der Waals surface area contributed by atoms with Crippen LogP contribution in [0.4, 0.5) is 10.1 Å². The number of dihydropyridines is 1. The van der Waals surface area contributed by atoms with Crippen molar-refractivity contribution < 1.29 is 4.39 Å². The van der Waals surface area contributed by atoms with Crippen LogP contribution in [-0.4, -0.2) is 52.7 Å². The third kappa shape index (κ3) is 3.34. The molecule has 0 unspecified atom stereocenters. The van der Waals surface area contributed by atoms with Crippen LogP contribution in [0.25, 0.3) is 39.2 Å². The molecule has 1 saturated heterocycles. The Balaban J connectivity index is 1.33. The Labute approximate surface area is 178 Å². The fraction of sp³-hybridized carbons (Fsp3) is 0.217. The van der Waals surface area contributed by atoms with Gasteiger partial charge in [0.05, 0.1) is 34.3 Å². The first-order valence-corrected chi connectivity index (χ1v) is 10.5. The van der Waals surface area contributed by atoms with Crippen molar-refractivity contribution in [3.8, 4) is 11.4 Å². The third-order valence-electron chi connectivity index (χ3n) is 5.84. The second kappa shape index (κ2) is 7.24. The number of hydrogen-bond acceptors (Lipinski definition) is 5. The Bertz CT molecular complexity index is 1340. The molecule has 2 aliphatic heterocycles. The van der Waals surface area contributed by atoms with E-state index in [1.54, 1.807) is 6.08 Å². The SMILES string of the molecule is FC1=CC=C(c2nc3ccc(-c4nc5ccc(N6CCNCC6)cc5[nH]4)cc3[nH]2)NC1. The van der Waals surface area contributed by atoms with E-state index >= 15 is 0 Å². The zero-order valence-electron chi connectivity index (χ0n) is 16.9. The number of aromatic amines is 2. The molecule has 0 saturated carbocycles. The molecule has 2 aromatic carbocycles. The number of piperazine rings is 1. The van der Waals surface area contributed by atoms with Crippen molar-refractivity contribution in [2.45, 2.75) is 0 Å². The molecule has 0 amide bonds. The van der Waals surface area contributed by atoms with E-state index < -0.39 is 0 Å². The van der Waals surface area contributed by atoms with Crippen molar-refractivity contribution in [1.29, 1.82) is 0 Å². The van der Waals surface area contributed by atoms with Crippen LogP contribution in [0.3, 0.4) is 0 Å². The lowest BCUT2D eigenvalue weighted by atomic mass is 10.2. The number of benzene rings is 2. The van der Waals surface area contributed by atoms with E-state index in [0.717, 1.165) is 65.3 Å². The van der Waals surface area contributed by atoms with Crippen molar-refractivity contribution >= 4 is 33.5 Å². The molecule has 4 aromatic rings. The zero-order chi connectivity index (χ0) is 20.8. The summed E-state index contributed by atoms with van der Waals surface area (Å²) in [5.41, 5.74) is 6.73. The number of rotatable bonds is 3. The molecular weight excluding hydrogens is 393 g/mol. The third-order valence-corrected chi connectivity index (χ3v) is 5.84. The highest BCUT2D eigenvalue weighted by Crippen LogP contribution is 2.27. The summed E-state index contributed by atoms with van der Waals surface area (Å²) in [7, 11) is 0. The minimum absolute atomic E-state index is 0.184. The summed E-state index contributed by atoms with van der Waals surface area (Å²) in [6.45, 7) is 4.23. The van der Waals surface area contributed by atoms with Crippen LogP contribution >= 0.6 is 0 Å². The summed E-state index contributed by atoms with van der Waals surface area (Å²) >= 11 is 0. The molecular formula is C23H22FN7. The number of hydrogen-bond donors (Lipinski definition) is 4. The number of anilines is 1. The lowest BCUT2D eigenvalue weighted by Crippen LogP contribution is -2.43. The van der Waals surface area contributed by atoms with Crippen LogP contribution in [0, 0.1) is 0 Å². The highest BCUT2D eigenvalue weighted by Gasteiger charge is 2.14. The average Bonchev–Trinajstić information content (AvgIpc) is 3.43. The zero-order valence-corrected chi connectivity index (χ0v) is 16.9. The van der Waals surface area contributed by atoms with E-state index in [1.165, 1.54) is 11.8 Å². The first-order chi connectivity index (χ1) is 15.2. The first kappa shape index (κ1) is 18.1. The number of aromatic nitrogens is 4. The summed E-state index contributed by atoms with van der Waals surface area (Å²) in [6.07, 6.45) is 3.17. The fourth-order valence-electron chi connectivity index (χ4n) is 4.17. The van der Waals surface area contributed by atoms with Crippen molar-refractivity contribution in [3.63, 3.8) is 0 Å². The first-order valence-electron chi connectivity index (χ1n) is 10.5. The highest BCUT2D eigenvalue weighted by atomic mass is 19.1. The van der Waals surface area contributed by atoms with Gasteiger partial charge in [0.2, 0.25) is 0 Å². The van der Waals surface area contributed by atoms with E-state index in [9.17, 15) is 4.39 Å². The minimum atomic E-state index is -0.188. The maximum Gasteiger partial charge on any atom is 0.154 e. The van der Waals surface area contributed by atoms with Crippen LogP contribution < -0.4 is 15.5 Å². The number of fused-ring (bicyclic) bond motifs is 2. The molecule has 4 heterocycles. The van der Waals surface area contributed by atoms with Crippen molar-refractivity contribution in [2.75, 3.05) is 37.6 Å². The molecule has 4 N–H and O–H groups in total. The van der Waals surface area contributed by atoms with Gasteiger partial charge in [-0.25, -0.2) is 14.4 Å². The molecule has 7 nitrogen and oxygen atoms in total. The monoisotopic (exact) mass is 415 g/mol. The van der Waals surface area contributed by atoms with E-state index in [2.05, 4.69) is 48.7 Å². The van der Waals surface area contributed by atoms with E-state index in [1.807, 2.05) is 18.2 Å². The number of nitrogens with zero attached hydrogens (tertiary/aromatic N) is 3. The van der Waals surface area contributed by atoms with E-state index in [-0.39, 0.29) is 12.4 Å². The van der Waals surface area contributed by atoms with Crippen LogP contribution in [0.5, 0.6) is 0 Å². The number of imidazole rings is 2. The molecule has 2 aromatic heterocycles. The van der Waals surface area contributed by atoms with Gasteiger partial charge in [-0.15, -0.1) is 0 Å². The van der Waals surface area contributed by atoms with E-state index in [0.29, 0.717) is 5.82 Å². The summed E-state index contributed by atoms with van der Waals surface area (Å²) in [5, 5.41) is 6.43. The Morgan fingerprint density at radius 1 is 0.839 bits per heavy atom. The maximum absolute atomic E-state index is 13.2. The molecule has 6 rings (SSSR count). The summed E-state index contributed by atoms with van der Waals surface area (Å²) in [5.74, 6) is 1.33. The smallest absolute Gasteiger partial charge is 0.154 e. The molecule has 1 fully saturated rings. The van der Waals surface area contributed by atoms with Crippen LogP contribution in [0.15, 0.2) is 54.4 Å².